The van der Waals surface area contributed by atoms with Gasteiger partial charge in [0.2, 0.25) is 0 Å². The summed E-state index contributed by atoms with van der Waals surface area (Å²) < 4.78 is 5.35. The molecule has 1 aliphatic heterocycles. The first-order chi connectivity index (χ1) is 16.3. The van der Waals surface area contributed by atoms with Gasteiger partial charge in [0.05, 0.1) is 18.7 Å². The standard InChI is InChI=1S/C23H35N3O2.C2H2O4/c1-3-4-5-6-12-24-18-10-14-26(15-11-18)17-23(27)20-9-13-25-22-8-7-19(28-2)16-21(20)22;3-1(4)2(5)6/h7-9,13,16,18,23-24,27H,3-6,10-12,14-15,17H2,1-2H3;(H,3,4)(H,5,6)/t23-;/m0./s1. The van der Waals surface area contributed by atoms with Crippen LogP contribution in [0.15, 0.2) is 30.5 Å². The third-order valence-electron chi connectivity index (χ3n) is 6.01. The molecule has 188 valence electrons. The van der Waals surface area contributed by atoms with Gasteiger partial charge in [-0.15, -0.1) is 0 Å². The second kappa shape index (κ2) is 14.5. The molecule has 0 bridgehead atoms. The molecule has 1 saturated heterocycles. The Morgan fingerprint density at radius 1 is 1.15 bits per heavy atom. The van der Waals surface area contributed by atoms with Gasteiger partial charge in [-0.2, -0.15) is 0 Å². The number of piperidine rings is 1. The third-order valence-corrected chi connectivity index (χ3v) is 6.01. The zero-order valence-corrected chi connectivity index (χ0v) is 20.1. The monoisotopic (exact) mass is 475 g/mol. The summed E-state index contributed by atoms with van der Waals surface area (Å²) in [5.41, 5.74) is 1.82. The zero-order valence-electron chi connectivity index (χ0n) is 20.1. The second-order valence-corrected chi connectivity index (χ2v) is 8.50. The Morgan fingerprint density at radius 2 is 1.85 bits per heavy atom. The van der Waals surface area contributed by atoms with E-state index in [1.807, 2.05) is 24.3 Å². The van der Waals surface area contributed by atoms with Crippen LogP contribution in [0, 0.1) is 0 Å². The molecule has 1 aromatic carbocycles. The number of nitrogens with zero attached hydrogens (tertiary/aromatic N) is 2. The molecule has 0 amide bonds. The van der Waals surface area contributed by atoms with Gasteiger partial charge < -0.3 is 30.3 Å². The Morgan fingerprint density at radius 3 is 2.47 bits per heavy atom. The van der Waals surface area contributed by atoms with Gasteiger partial charge in [0, 0.05) is 24.2 Å². The predicted octanol–water partition coefficient (Wildman–Crippen LogP) is 3.07. The van der Waals surface area contributed by atoms with Crippen LogP contribution in [0.1, 0.15) is 57.1 Å². The maximum Gasteiger partial charge on any atom is 0.414 e. The van der Waals surface area contributed by atoms with E-state index in [9.17, 15) is 5.11 Å². The summed E-state index contributed by atoms with van der Waals surface area (Å²) in [5, 5.41) is 30.4. The highest BCUT2D eigenvalue weighted by Crippen LogP contribution is 2.27. The van der Waals surface area contributed by atoms with Crippen LogP contribution in [-0.2, 0) is 9.59 Å². The van der Waals surface area contributed by atoms with Gasteiger partial charge in [-0.1, -0.05) is 26.2 Å². The van der Waals surface area contributed by atoms with Gasteiger partial charge in [-0.3, -0.25) is 4.98 Å². The summed E-state index contributed by atoms with van der Waals surface area (Å²) in [4.78, 5) is 25.0. The molecule has 0 radical (unpaired) electrons. The molecule has 3 rings (SSSR count). The van der Waals surface area contributed by atoms with Crippen molar-refractivity contribution in [2.45, 2.75) is 57.6 Å². The lowest BCUT2D eigenvalue weighted by atomic mass is 10.0. The number of fused-ring (bicyclic) bond motifs is 1. The minimum Gasteiger partial charge on any atom is -0.497 e. The first kappa shape index (κ1) is 27.5. The summed E-state index contributed by atoms with van der Waals surface area (Å²) in [7, 11) is 1.66. The van der Waals surface area contributed by atoms with E-state index in [-0.39, 0.29) is 0 Å². The van der Waals surface area contributed by atoms with Gasteiger partial charge >= 0.3 is 11.9 Å². The highest BCUT2D eigenvalue weighted by molar-refractivity contribution is 6.27. The minimum atomic E-state index is -1.82. The van der Waals surface area contributed by atoms with Crippen LogP contribution in [-0.4, -0.2) is 76.5 Å². The molecule has 1 aromatic heterocycles. The van der Waals surface area contributed by atoms with Crippen molar-refractivity contribution in [1.29, 1.82) is 0 Å². The van der Waals surface area contributed by atoms with E-state index < -0.39 is 18.0 Å². The Kier molecular flexibility index (Phi) is 11.7. The molecule has 9 nitrogen and oxygen atoms in total. The number of aliphatic hydroxyl groups is 1. The van der Waals surface area contributed by atoms with E-state index in [2.05, 4.69) is 22.1 Å². The third kappa shape index (κ3) is 8.89. The maximum atomic E-state index is 10.9. The number of hydrogen-bond acceptors (Lipinski definition) is 7. The molecular formula is C25H37N3O6. The van der Waals surface area contributed by atoms with Crippen molar-refractivity contribution in [1.82, 2.24) is 15.2 Å². The number of carbonyl (C=O) groups is 2. The van der Waals surface area contributed by atoms with Gasteiger partial charge in [0.25, 0.3) is 0 Å². The van der Waals surface area contributed by atoms with Crippen LogP contribution in [0.25, 0.3) is 10.9 Å². The van der Waals surface area contributed by atoms with Crippen LogP contribution in [0.2, 0.25) is 0 Å². The number of pyridine rings is 1. The topological polar surface area (TPSA) is 132 Å². The molecule has 2 aromatic rings. The number of carboxylic acids is 2. The number of nitrogens with one attached hydrogen (secondary N) is 1. The number of aromatic nitrogens is 1. The molecule has 0 spiro atoms. The normalized spacial score (nSPS) is 15.4. The number of rotatable bonds is 10. The number of aliphatic carboxylic acids is 2. The van der Waals surface area contributed by atoms with Crippen molar-refractivity contribution in [3.8, 4) is 5.75 Å². The fourth-order valence-electron chi connectivity index (χ4n) is 4.08. The predicted molar refractivity (Wildman–Crippen MR) is 130 cm³/mol. The molecule has 0 saturated carbocycles. The first-order valence-corrected chi connectivity index (χ1v) is 11.9. The number of unbranched alkanes of at least 4 members (excludes halogenated alkanes) is 3. The summed E-state index contributed by atoms with van der Waals surface area (Å²) in [6.07, 6.45) is 8.83. The van der Waals surface area contributed by atoms with Crippen LogP contribution >= 0.6 is 0 Å². The van der Waals surface area contributed by atoms with Crippen LogP contribution < -0.4 is 10.1 Å². The van der Waals surface area contributed by atoms with Crippen LogP contribution in [0.3, 0.4) is 0 Å². The van der Waals surface area contributed by atoms with Gasteiger partial charge in [-0.25, -0.2) is 9.59 Å². The average molecular weight is 476 g/mol. The van der Waals surface area contributed by atoms with Crippen molar-refractivity contribution < 1.29 is 29.6 Å². The number of hydrogen-bond donors (Lipinski definition) is 4. The van der Waals surface area contributed by atoms with Crippen LogP contribution in [0.5, 0.6) is 5.75 Å². The quantitative estimate of drug-likeness (QED) is 0.302. The number of benzene rings is 1. The fourth-order valence-corrected chi connectivity index (χ4v) is 4.08. The average Bonchev–Trinajstić information content (AvgIpc) is 2.84. The molecule has 2 heterocycles. The van der Waals surface area contributed by atoms with E-state index in [0.29, 0.717) is 12.6 Å². The van der Waals surface area contributed by atoms with Crippen molar-refractivity contribution >= 4 is 22.8 Å². The number of ether oxygens (including phenoxy) is 1. The lowest BCUT2D eigenvalue weighted by Crippen LogP contribution is -2.44. The number of carboxylic acid groups (broad SMARTS) is 2. The summed E-state index contributed by atoms with van der Waals surface area (Å²) in [5.74, 6) is -2.86. The highest BCUT2D eigenvalue weighted by Gasteiger charge is 2.22. The summed E-state index contributed by atoms with van der Waals surface area (Å²) >= 11 is 0. The van der Waals surface area contributed by atoms with E-state index in [0.717, 1.165) is 54.7 Å². The Balaban J connectivity index is 0.000000604. The van der Waals surface area contributed by atoms with Crippen molar-refractivity contribution in [2.75, 3.05) is 33.3 Å². The zero-order chi connectivity index (χ0) is 24.9. The van der Waals surface area contributed by atoms with Crippen molar-refractivity contribution in [3.63, 3.8) is 0 Å². The van der Waals surface area contributed by atoms with Crippen molar-refractivity contribution in [2.24, 2.45) is 0 Å². The van der Waals surface area contributed by atoms with Crippen molar-refractivity contribution in [3.05, 3.63) is 36.0 Å². The lowest BCUT2D eigenvalue weighted by molar-refractivity contribution is -0.159. The van der Waals surface area contributed by atoms with Gasteiger partial charge in [0.15, 0.2) is 0 Å². The molecule has 1 atom stereocenters. The molecule has 34 heavy (non-hydrogen) atoms. The Bertz CT molecular complexity index is 903. The van der Waals surface area contributed by atoms with Gasteiger partial charge in [-0.05, 0) is 68.7 Å². The molecule has 1 aliphatic rings. The molecule has 0 unspecified atom stereocenters. The maximum absolute atomic E-state index is 10.9. The fraction of sp³-hybridized carbons (Fsp3) is 0.560. The van der Waals surface area contributed by atoms with E-state index in [4.69, 9.17) is 24.5 Å². The van der Waals surface area contributed by atoms with E-state index in [1.165, 1.54) is 25.7 Å². The van der Waals surface area contributed by atoms with Crippen LogP contribution in [0.4, 0.5) is 0 Å². The summed E-state index contributed by atoms with van der Waals surface area (Å²) in [6, 6.07) is 8.38. The number of aliphatic hydroxyl groups excluding tert-OH is 1. The molecular weight excluding hydrogens is 438 g/mol. The molecule has 1 fully saturated rings. The van der Waals surface area contributed by atoms with E-state index in [1.54, 1.807) is 13.3 Å². The first-order valence-electron chi connectivity index (χ1n) is 11.9. The SMILES string of the molecule is CCCCCCNC1CCN(C[C@H](O)c2ccnc3ccc(OC)cc23)CC1.O=C(O)C(=O)O. The van der Waals surface area contributed by atoms with E-state index >= 15 is 0 Å². The smallest absolute Gasteiger partial charge is 0.414 e. The number of methoxy groups -OCH3 is 1. The Labute approximate surface area is 200 Å². The lowest BCUT2D eigenvalue weighted by Gasteiger charge is -2.33. The highest BCUT2D eigenvalue weighted by atomic mass is 16.5. The summed E-state index contributed by atoms with van der Waals surface area (Å²) in [6.45, 7) is 6.13. The molecule has 9 heteroatoms. The Hall–Kier alpha value is -2.75. The second-order valence-electron chi connectivity index (χ2n) is 8.50. The molecule has 4 N–H and O–H groups in total. The number of likely N-dealkylation sites (tertiary alicyclic amines) is 1. The minimum absolute atomic E-state index is 0.517. The molecule has 0 aliphatic carbocycles. The largest absolute Gasteiger partial charge is 0.497 e. The van der Waals surface area contributed by atoms with Gasteiger partial charge in [0.1, 0.15) is 5.75 Å². The number of β-amino-alcohol motifs (C(OH)–C–C–N with tert-alkyl or cyclic N) is 1.